The Morgan fingerprint density at radius 1 is 1.26 bits per heavy atom. The molecular formula is C12H11BrN2O3S. The zero-order chi connectivity index (χ0) is 14.0. The van der Waals surface area contributed by atoms with E-state index in [1.807, 2.05) is 0 Å². The third kappa shape index (κ3) is 3.24. The summed E-state index contributed by atoms with van der Waals surface area (Å²) in [5, 5.41) is 9.31. The number of pyridine rings is 1. The predicted octanol–water partition coefficient (Wildman–Crippen LogP) is 2.66. The fraction of sp³-hybridized carbons (Fsp3) is 0.0833. The van der Waals surface area contributed by atoms with Crippen LogP contribution in [0, 0.1) is 6.92 Å². The Hall–Kier alpha value is -1.60. The van der Waals surface area contributed by atoms with E-state index in [0.717, 1.165) is 4.47 Å². The first-order valence-electron chi connectivity index (χ1n) is 5.33. The molecule has 2 rings (SSSR count). The maximum Gasteiger partial charge on any atom is 0.263 e. The first-order chi connectivity index (χ1) is 8.88. The van der Waals surface area contributed by atoms with E-state index in [0.29, 0.717) is 5.69 Å². The molecule has 0 fully saturated rings. The van der Waals surface area contributed by atoms with Crippen molar-refractivity contribution in [3.8, 4) is 5.75 Å². The van der Waals surface area contributed by atoms with Crippen molar-refractivity contribution < 1.29 is 13.5 Å². The van der Waals surface area contributed by atoms with Gasteiger partial charge in [-0.25, -0.2) is 13.4 Å². The number of sulfonamides is 1. The van der Waals surface area contributed by atoms with Crippen molar-refractivity contribution in [1.82, 2.24) is 4.98 Å². The second-order valence-corrected chi connectivity index (χ2v) is 6.40. The van der Waals surface area contributed by atoms with Gasteiger partial charge in [0.2, 0.25) is 0 Å². The molecule has 0 spiro atoms. The summed E-state index contributed by atoms with van der Waals surface area (Å²) in [6.45, 7) is 1.76. The monoisotopic (exact) mass is 342 g/mol. The molecule has 2 aromatic rings. The highest BCUT2D eigenvalue weighted by atomic mass is 79.9. The Morgan fingerprint density at radius 2 is 2.00 bits per heavy atom. The fourth-order valence-corrected chi connectivity index (χ4v) is 2.71. The predicted molar refractivity (Wildman–Crippen MR) is 75.6 cm³/mol. The fourth-order valence-electron chi connectivity index (χ4n) is 1.45. The molecule has 0 unspecified atom stereocenters. The van der Waals surface area contributed by atoms with Crippen LogP contribution >= 0.6 is 15.9 Å². The summed E-state index contributed by atoms with van der Waals surface area (Å²) in [6.07, 6.45) is 0. The molecule has 100 valence electrons. The quantitative estimate of drug-likeness (QED) is 0.898. The number of phenolic OH excluding ortho intramolecular Hbond substituents is 1. The summed E-state index contributed by atoms with van der Waals surface area (Å²) >= 11 is 3.29. The number of aromatic hydroxyl groups is 1. The number of hydrogen-bond donors (Lipinski definition) is 2. The summed E-state index contributed by atoms with van der Waals surface area (Å²) in [5.41, 5.74) is 0.677. The van der Waals surface area contributed by atoms with E-state index in [2.05, 4.69) is 25.6 Å². The number of halogens is 1. The van der Waals surface area contributed by atoms with Crippen molar-refractivity contribution in [3.63, 3.8) is 0 Å². The van der Waals surface area contributed by atoms with Crippen LogP contribution in [0.1, 0.15) is 5.69 Å². The highest BCUT2D eigenvalue weighted by Crippen LogP contribution is 2.21. The SMILES string of the molecule is Cc1nc(NS(=O)(=O)c2cccc(O)c2)ccc1Br. The Labute approximate surface area is 119 Å². The van der Waals surface area contributed by atoms with Gasteiger partial charge in [-0.3, -0.25) is 4.72 Å². The molecular weight excluding hydrogens is 332 g/mol. The number of hydrogen-bond acceptors (Lipinski definition) is 4. The number of aromatic nitrogens is 1. The molecule has 1 heterocycles. The second kappa shape index (κ2) is 5.18. The Kier molecular flexibility index (Phi) is 3.77. The van der Waals surface area contributed by atoms with Crippen LogP contribution in [0.25, 0.3) is 0 Å². The topological polar surface area (TPSA) is 79.3 Å². The lowest BCUT2D eigenvalue weighted by molar-refractivity contribution is 0.473. The standard InChI is InChI=1S/C12H11BrN2O3S/c1-8-11(13)5-6-12(14-8)15-19(17,18)10-4-2-3-9(16)7-10/h2-7,16H,1H3,(H,14,15). The van der Waals surface area contributed by atoms with Crippen LogP contribution in [-0.4, -0.2) is 18.5 Å². The molecule has 0 amide bonds. The van der Waals surface area contributed by atoms with Gasteiger partial charge in [-0.05, 0) is 47.1 Å². The number of rotatable bonds is 3. The van der Waals surface area contributed by atoms with E-state index in [1.165, 1.54) is 24.3 Å². The van der Waals surface area contributed by atoms with Gasteiger partial charge in [0.1, 0.15) is 11.6 Å². The number of anilines is 1. The van der Waals surface area contributed by atoms with Crippen molar-refractivity contribution in [2.45, 2.75) is 11.8 Å². The van der Waals surface area contributed by atoms with Gasteiger partial charge in [-0.1, -0.05) is 6.07 Å². The maximum atomic E-state index is 12.1. The van der Waals surface area contributed by atoms with Crippen LogP contribution in [-0.2, 0) is 10.0 Å². The minimum atomic E-state index is -3.75. The van der Waals surface area contributed by atoms with Gasteiger partial charge < -0.3 is 5.11 Å². The van der Waals surface area contributed by atoms with Gasteiger partial charge >= 0.3 is 0 Å². The van der Waals surface area contributed by atoms with Crippen LogP contribution in [0.2, 0.25) is 0 Å². The van der Waals surface area contributed by atoms with E-state index in [1.54, 1.807) is 19.1 Å². The average molecular weight is 343 g/mol. The van der Waals surface area contributed by atoms with Gasteiger partial charge in [0.15, 0.2) is 0 Å². The molecule has 1 aromatic carbocycles. The smallest absolute Gasteiger partial charge is 0.263 e. The number of phenols is 1. The lowest BCUT2D eigenvalue weighted by atomic mass is 10.3. The molecule has 0 aliphatic carbocycles. The van der Waals surface area contributed by atoms with Crippen LogP contribution < -0.4 is 4.72 Å². The third-order valence-corrected chi connectivity index (χ3v) is 4.58. The van der Waals surface area contributed by atoms with Crippen LogP contribution in [0.5, 0.6) is 5.75 Å². The van der Waals surface area contributed by atoms with Crippen molar-refractivity contribution in [2.75, 3.05) is 4.72 Å². The third-order valence-electron chi connectivity index (χ3n) is 2.39. The van der Waals surface area contributed by atoms with Gasteiger partial charge in [-0.15, -0.1) is 0 Å². The van der Waals surface area contributed by atoms with Crippen molar-refractivity contribution >= 4 is 31.8 Å². The Balaban J connectivity index is 2.33. The van der Waals surface area contributed by atoms with Crippen LogP contribution in [0.4, 0.5) is 5.82 Å². The van der Waals surface area contributed by atoms with Crippen LogP contribution in [0.3, 0.4) is 0 Å². The highest BCUT2D eigenvalue weighted by Gasteiger charge is 2.15. The molecule has 0 bridgehead atoms. The van der Waals surface area contributed by atoms with E-state index in [9.17, 15) is 13.5 Å². The molecule has 0 radical (unpaired) electrons. The molecule has 1 aromatic heterocycles. The number of aryl methyl sites for hydroxylation is 1. The molecule has 0 saturated carbocycles. The van der Waals surface area contributed by atoms with Gasteiger partial charge in [0.05, 0.1) is 10.6 Å². The van der Waals surface area contributed by atoms with Gasteiger partial charge in [0, 0.05) is 10.5 Å². The molecule has 7 heteroatoms. The number of nitrogens with one attached hydrogen (secondary N) is 1. The van der Waals surface area contributed by atoms with E-state index in [4.69, 9.17) is 0 Å². The lowest BCUT2D eigenvalue weighted by Crippen LogP contribution is -2.14. The second-order valence-electron chi connectivity index (χ2n) is 3.87. The average Bonchev–Trinajstić information content (AvgIpc) is 2.33. The van der Waals surface area contributed by atoms with Crippen molar-refractivity contribution in [3.05, 3.63) is 46.6 Å². The van der Waals surface area contributed by atoms with Crippen molar-refractivity contribution in [2.24, 2.45) is 0 Å². The normalized spacial score (nSPS) is 11.3. The van der Waals surface area contributed by atoms with Gasteiger partial charge in [-0.2, -0.15) is 0 Å². The molecule has 0 aliphatic heterocycles. The largest absolute Gasteiger partial charge is 0.508 e. The highest BCUT2D eigenvalue weighted by molar-refractivity contribution is 9.10. The summed E-state index contributed by atoms with van der Waals surface area (Å²) in [4.78, 5) is 4.09. The molecule has 19 heavy (non-hydrogen) atoms. The number of benzene rings is 1. The first kappa shape index (κ1) is 13.8. The molecule has 2 N–H and O–H groups in total. The first-order valence-corrected chi connectivity index (χ1v) is 7.61. The molecule has 0 aliphatic rings. The summed E-state index contributed by atoms with van der Waals surface area (Å²) in [7, 11) is -3.75. The molecule has 0 saturated heterocycles. The zero-order valence-corrected chi connectivity index (χ0v) is 12.4. The summed E-state index contributed by atoms with van der Waals surface area (Å²) in [5.74, 6) is 0.117. The zero-order valence-electron chi connectivity index (χ0n) is 9.96. The van der Waals surface area contributed by atoms with E-state index < -0.39 is 10.0 Å². The van der Waals surface area contributed by atoms with E-state index >= 15 is 0 Å². The number of nitrogens with zero attached hydrogens (tertiary/aromatic N) is 1. The molecule has 0 atom stereocenters. The lowest BCUT2D eigenvalue weighted by Gasteiger charge is -2.08. The van der Waals surface area contributed by atoms with E-state index in [-0.39, 0.29) is 16.5 Å². The molecule has 5 nitrogen and oxygen atoms in total. The Morgan fingerprint density at radius 3 is 2.63 bits per heavy atom. The van der Waals surface area contributed by atoms with Crippen molar-refractivity contribution in [1.29, 1.82) is 0 Å². The minimum Gasteiger partial charge on any atom is -0.508 e. The Bertz CT molecular complexity index is 717. The maximum absolute atomic E-state index is 12.1. The minimum absolute atomic E-state index is 0.0186. The summed E-state index contributed by atoms with van der Waals surface area (Å²) in [6, 6.07) is 8.70. The van der Waals surface area contributed by atoms with Crippen LogP contribution in [0.15, 0.2) is 45.8 Å². The summed E-state index contributed by atoms with van der Waals surface area (Å²) < 4.78 is 27.3. The van der Waals surface area contributed by atoms with Gasteiger partial charge in [0.25, 0.3) is 10.0 Å².